The van der Waals surface area contributed by atoms with E-state index in [2.05, 4.69) is 10.3 Å². The molecule has 2 fully saturated rings. The van der Waals surface area contributed by atoms with Gasteiger partial charge in [0, 0.05) is 5.92 Å². The van der Waals surface area contributed by atoms with Crippen LogP contribution >= 0.6 is 0 Å². The Morgan fingerprint density at radius 2 is 2.00 bits per heavy atom. The fourth-order valence-electron chi connectivity index (χ4n) is 3.97. The highest BCUT2D eigenvalue weighted by Gasteiger charge is 2.35. The number of anilines is 2. The smallest absolute Gasteiger partial charge is 0.228 e. The number of fused-ring (bicyclic) bond motifs is 1. The molecule has 0 radical (unpaired) electrons. The Morgan fingerprint density at radius 3 is 2.76 bits per heavy atom. The van der Waals surface area contributed by atoms with E-state index in [0.717, 1.165) is 30.2 Å². The average molecular weight is 287 g/mol. The third-order valence-corrected chi connectivity index (χ3v) is 5.31. The number of carbonyl (C=O) groups is 1. The predicted octanol–water partition coefficient (Wildman–Crippen LogP) is 3.52. The highest BCUT2D eigenvalue weighted by atomic mass is 16.1. The molecular formula is C17H25N3O. The van der Waals surface area contributed by atoms with E-state index in [4.69, 9.17) is 5.73 Å². The van der Waals surface area contributed by atoms with Gasteiger partial charge in [-0.05, 0) is 49.7 Å². The van der Waals surface area contributed by atoms with Crippen molar-refractivity contribution in [1.29, 1.82) is 0 Å². The molecule has 4 heteroatoms. The number of rotatable bonds is 2. The van der Waals surface area contributed by atoms with Crippen molar-refractivity contribution in [3.05, 3.63) is 17.8 Å². The van der Waals surface area contributed by atoms with Crippen LogP contribution in [0.25, 0.3) is 0 Å². The number of amides is 1. The standard InChI is InChI=1S/C17H25N3O/c1-11-8-16(19-10-15(11)18)20-17(21)14-7-6-12-4-2-3-5-13(12)9-14/h8,10,12-14H,2-7,9,18H2,1H3,(H,19,20,21). The van der Waals surface area contributed by atoms with Crippen molar-refractivity contribution in [1.82, 2.24) is 4.98 Å². The van der Waals surface area contributed by atoms with Crippen molar-refractivity contribution in [3.8, 4) is 0 Å². The zero-order valence-corrected chi connectivity index (χ0v) is 12.8. The van der Waals surface area contributed by atoms with Crippen LogP contribution in [0.3, 0.4) is 0 Å². The number of nitrogens with zero attached hydrogens (tertiary/aromatic N) is 1. The van der Waals surface area contributed by atoms with Crippen LogP contribution < -0.4 is 11.1 Å². The molecule has 3 rings (SSSR count). The molecule has 2 saturated carbocycles. The van der Waals surface area contributed by atoms with E-state index < -0.39 is 0 Å². The van der Waals surface area contributed by atoms with E-state index in [-0.39, 0.29) is 11.8 Å². The summed E-state index contributed by atoms with van der Waals surface area (Å²) in [4.78, 5) is 16.7. The Balaban J connectivity index is 1.61. The predicted molar refractivity (Wildman–Crippen MR) is 84.8 cm³/mol. The van der Waals surface area contributed by atoms with Crippen LogP contribution in [-0.4, -0.2) is 10.9 Å². The lowest BCUT2D eigenvalue weighted by Gasteiger charge is -2.38. The van der Waals surface area contributed by atoms with Crippen molar-refractivity contribution in [2.75, 3.05) is 11.1 Å². The monoisotopic (exact) mass is 287 g/mol. The molecule has 1 aromatic rings. The molecule has 1 heterocycles. The Bertz CT molecular complexity index is 529. The zero-order chi connectivity index (χ0) is 14.8. The van der Waals surface area contributed by atoms with Gasteiger partial charge in [0.15, 0.2) is 0 Å². The lowest BCUT2D eigenvalue weighted by Crippen LogP contribution is -2.34. The van der Waals surface area contributed by atoms with Gasteiger partial charge < -0.3 is 11.1 Å². The molecule has 3 atom stereocenters. The van der Waals surface area contributed by atoms with Crippen molar-refractivity contribution in [3.63, 3.8) is 0 Å². The van der Waals surface area contributed by atoms with Crippen molar-refractivity contribution in [2.45, 2.75) is 51.9 Å². The molecule has 0 aliphatic heterocycles. The highest BCUT2D eigenvalue weighted by Crippen LogP contribution is 2.42. The minimum Gasteiger partial charge on any atom is -0.397 e. The fourth-order valence-corrected chi connectivity index (χ4v) is 3.97. The SMILES string of the molecule is Cc1cc(NC(=O)C2CCC3CCCCC3C2)ncc1N. The summed E-state index contributed by atoms with van der Waals surface area (Å²) in [5.74, 6) is 2.56. The summed E-state index contributed by atoms with van der Waals surface area (Å²) in [6, 6.07) is 1.85. The Hall–Kier alpha value is -1.58. The maximum absolute atomic E-state index is 12.5. The number of hydrogen-bond acceptors (Lipinski definition) is 3. The van der Waals surface area contributed by atoms with Crippen molar-refractivity contribution >= 4 is 17.4 Å². The molecule has 3 unspecified atom stereocenters. The Kier molecular flexibility index (Phi) is 4.13. The summed E-state index contributed by atoms with van der Waals surface area (Å²) in [6.45, 7) is 1.93. The second-order valence-electron chi connectivity index (χ2n) is 6.73. The minimum absolute atomic E-state index is 0.135. The summed E-state index contributed by atoms with van der Waals surface area (Å²) in [6.07, 6.45) is 10.3. The Morgan fingerprint density at radius 1 is 1.24 bits per heavy atom. The van der Waals surface area contributed by atoms with Gasteiger partial charge >= 0.3 is 0 Å². The second-order valence-corrected chi connectivity index (χ2v) is 6.73. The van der Waals surface area contributed by atoms with Crippen LogP contribution in [-0.2, 0) is 4.79 Å². The van der Waals surface area contributed by atoms with Gasteiger partial charge in [0.1, 0.15) is 5.82 Å². The summed E-state index contributed by atoms with van der Waals surface area (Å²) >= 11 is 0. The summed E-state index contributed by atoms with van der Waals surface area (Å²) in [7, 11) is 0. The van der Waals surface area contributed by atoms with E-state index in [1.807, 2.05) is 13.0 Å². The number of carbonyl (C=O) groups excluding carboxylic acids is 1. The topological polar surface area (TPSA) is 68.0 Å². The maximum Gasteiger partial charge on any atom is 0.228 e. The lowest BCUT2D eigenvalue weighted by molar-refractivity contribution is -0.122. The first-order chi connectivity index (χ1) is 10.1. The number of aryl methyl sites for hydroxylation is 1. The van der Waals surface area contributed by atoms with Crippen molar-refractivity contribution in [2.24, 2.45) is 17.8 Å². The third kappa shape index (κ3) is 3.20. The number of aromatic nitrogens is 1. The van der Waals surface area contributed by atoms with Gasteiger partial charge in [0.05, 0.1) is 11.9 Å². The van der Waals surface area contributed by atoms with Gasteiger partial charge in [-0.3, -0.25) is 4.79 Å². The second kappa shape index (κ2) is 6.04. The number of hydrogen-bond donors (Lipinski definition) is 2. The summed E-state index contributed by atoms with van der Waals surface area (Å²) in [5, 5.41) is 2.97. The molecule has 0 spiro atoms. The highest BCUT2D eigenvalue weighted by molar-refractivity contribution is 5.91. The quantitative estimate of drug-likeness (QED) is 0.874. The molecule has 2 aliphatic rings. The third-order valence-electron chi connectivity index (χ3n) is 5.31. The van der Waals surface area contributed by atoms with Gasteiger partial charge in [-0.2, -0.15) is 0 Å². The molecule has 1 amide bonds. The van der Waals surface area contributed by atoms with Crippen LogP contribution in [0, 0.1) is 24.7 Å². The molecule has 114 valence electrons. The van der Waals surface area contributed by atoms with E-state index in [1.54, 1.807) is 6.20 Å². The zero-order valence-electron chi connectivity index (χ0n) is 12.8. The van der Waals surface area contributed by atoms with Crippen LogP contribution in [0.2, 0.25) is 0 Å². The molecule has 4 nitrogen and oxygen atoms in total. The van der Waals surface area contributed by atoms with E-state index in [9.17, 15) is 4.79 Å². The largest absolute Gasteiger partial charge is 0.397 e. The number of pyridine rings is 1. The first-order valence-corrected chi connectivity index (χ1v) is 8.16. The van der Waals surface area contributed by atoms with Gasteiger partial charge in [-0.1, -0.05) is 25.7 Å². The first-order valence-electron chi connectivity index (χ1n) is 8.16. The fraction of sp³-hybridized carbons (Fsp3) is 0.647. The van der Waals surface area contributed by atoms with Gasteiger partial charge in [-0.15, -0.1) is 0 Å². The van der Waals surface area contributed by atoms with E-state index in [0.29, 0.717) is 11.5 Å². The van der Waals surface area contributed by atoms with E-state index >= 15 is 0 Å². The first kappa shape index (κ1) is 14.4. The van der Waals surface area contributed by atoms with Crippen LogP contribution in [0.4, 0.5) is 11.5 Å². The molecule has 1 aromatic heterocycles. The van der Waals surface area contributed by atoms with Crippen LogP contribution in [0.15, 0.2) is 12.3 Å². The average Bonchev–Trinajstić information content (AvgIpc) is 2.50. The van der Waals surface area contributed by atoms with Gasteiger partial charge in [0.25, 0.3) is 0 Å². The molecule has 0 aromatic carbocycles. The van der Waals surface area contributed by atoms with Gasteiger partial charge in [-0.25, -0.2) is 4.98 Å². The number of nitrogens with two attached hydrogens (primary N) is 1. The van der Waals surface area contributed by atoms with E-state index in [1.165, 1.54) is 32.1 Å². The molecule has 3 N–H and O–H groups in total. The van der Waals surface area contributed by atoms with Crippen LogP contribution in [0.1, 0.15) is 50.5 Å². The minimum atomic E-state index is 0.135. The van der Waals surface area contributed by atoms with Gasteiger partial charge in [0.2, 0.25) is 5.91 Å². The normalized spacial score (nSPS) is 28.7. The molecule has 2 aliphatic carbocycles. The molecular weight excluding hydrogens is 262 g/mol. The molecule has 0 bridgehead atoms. The maximum atomic E-state index is 12.5. The lowest BCUT2D eigenvalue weighted by atomic mass is 9.67. The summed E-state index contributed by atoms with van der Waals surface area (Å²) < 4.78 is 0. The van der Waals surface area contributed by atoms with Crippen LogP contribution in [0.5, 0.6) is 0 Å². The van der Waals surface area contributed by atoms with Crippen molar-refractivity contribution < 1.29 is 4.79 Å². The number of nitrogen functional groups attached to an aromatic ring is 1. The number of nitrogens with one attached hydrogen (secondary N) is 1. The molecule has 0 saturated heterocycles. The summed E-state index contributed by atoms with van der Waals surface area (Å²) in [5.41, 5.74) is 7.38. The Labute approximate surface area is 126 Å². The molecule has 21 heavy (non-hydrogen) atoms.